The summed E-state index contributed by atoms with van der Waals surface area (Å²) in [6.45, 7) is 0. The van der Waals surface area contributed by atoms with Gasteiger partial charge < -0.3 is 10.4 Å². The summed E-state index contributed by atoms with van der Waals surface area (Å²) in [7, 11) is 0. The SMILES string of the molecule is O=C(N[C@@H]1CCCC[C@@H]1O)c1cnc(-c2ccc(Cl)cc2)c(-c2ccc(Cl)cc2)n1. The molecule has 4 rings (SSSR count). The molecule has 0 unspecified atom stereocenters. The zero-order valence-electron chi connectivity index (χ0n) is 16.2. The standard InChI is InChI=1S/C23H21Cl2N3O2/c24-16-9-5-14(6-10-16)21-22(15-7-11-17(25)12-8-15)27-19(13-26-21)23(30)28-18-3-1-2-4-20(18)29/h5-13,18,20,29H,1-4H2,(H,28,30)/t18-,20+/m1/s1. The molecule has 0 radical (unpaired) electrons. The first-order chi connectivity index (χ1) is 14.5. The van der Waals surface area contributed by atoms with E-state index >= 15 is 0 Å². The summed E-state index contributed by atoms with van der Waals surface area (Å²) in [5.41, 5.74) is 3.06. The van der Waals surface area contributed by atoms with Gasteiger partial charge in [-0.05, 0) is 37.1 Å². The first-order valence-electron chi connectivity index (χ1n) is 9.89. The molecule has 1 heterocycles. The Labute approximate surface area is 185 Å². The molecule has 1 aliphatic carbocycles. The van der Waals surface area contributed by atoms with Gasteiger partial charge in [0.15, 0.2) is 0 Å². The molecule has 1 saturated carbocycles. The topological polar surface area (TPSA) is 75.1 Å². The Morgan fingerprint density at radius 1 is 0.900 bits per heavy atom. The van der Waals surface area contributed by atoms with Gasteiger partial charge in [0.2, 0.25) is 0 Å². The van der Waals surface area contributed by atoms with Gasteiger partial charge in [0, 0.05) is 21.2 Å². The maximum atomic E-state index is 12.8. The van der Waals surface area contributed by atoms with Gasteiger partial charge in [-0.25, -0.2) is 4.98 Å². The summed E-state index contributed by atoms with van der Waals surface area (Å²) in [5, 5.41) is 14.3. The van der Waals surface area contributed by atoms with Gasteiger partial charge in [-0.2, -0.15) is 0 Å². The average Bonchev–Trinajstić information content (AvgIpc) is 2.76. The van der Waals surface area contributed by atoms with Crippen LogP contribution in [0.3, 0.4) is 0 Å². The number of halogens is 2. The molecule has 0 spiro atoms. The van der Waals surface area contributed by atoms with Crippen LogP contribution in [0.2, 0.25) is 10.0 Å². The van der Waals surface area contributed by atoms with Gasteiger partial charge in [0.25, 0.3) is 5.91 Å². The lowest BCUT2D eigenvalue weighted by atomic mass is 9.92. The summed E-state index contributed by atoms with van der Waals surface area (Å²) in [4.78, 5) is 22.0. The first kappa shape index (κ1) is 20.8. The van der Waals surface area contributed by atoms with Crippen LogP contribution < -0.4 is 5.32 Å². The third-order valence-corrected chi connectivity index (χ3v) is 5.79. The molecule has 5 nitrogen and oxygen atoms in total. The number of hydrogen-bond acceptors (Lipinski definition) is 4. The number of aliphatic hydroxyl groups is 1. The van der Waals surface area contributed by atoms with Crippen molar-refractivity contribution in [2.45, 2.75) is 37.8 Å². The van der Waals surface area contributed by atoms with Gasteiger partial charge in [-0.15, -0.1) is 0 Å². The van der Waals surface area contributed by atoms with Gasteiger partial charge in [0.05, 0.1) is 29.7 Å². The Balaban J connectivity index is 1.71. The second-order valence-corrected chi connectivity index (χ2v) is 8.27. The number of benzene rings is 2. The monoisotopic (exact) mass is 441 g/mol. The highest BCUT2D eigenvalue weighted by molar-refractivity contribution is 6.31. The lowest BCUT2D eigenvalue weighted by Crippen LogP contribution is -2.45. The van der Waals surface area contributed by atoms with Crippen LogP contribution >= 0.6 is 23.2 Å². The van der Waals surface area contributed by atoms with Crippen molar-refractivity contribution in [3.63, 3.8) is 0 Å². The van der Waals surface area contributed by atoms with E-state index < -0.39 is 6.10 Å². The molecular formula is C23H21Cl2N3O2. The number of aromatic nitrogens is 2. The Bertz CT molecular complexity index is 1040. The highest BCUT2D eigenvalue weighted by Crippen LogP contribution is 2.30. The molecule has 0 aliphatic heterocycles. The van der Waals surface area contributed by atoms with E-state index in [9.17, 15) is 9.90 Å². The quantitative estimate of drug-likeness (QED) is 0.586. The molecular weight excluding hydrogens is 421 g/mol. The Kier molecular flexibility index (Phi) is 6.32. The summed E-state index contributed by atoms with van der Waals surface area (Å²) in [6.07, 6.45) is 4.35. The number of hydrogen-bond donors (Lipinski definition) is 2. The van der Waals surface area contributed by atoms with Crippen LogP contribution in [0.1, 0.15) is 36.2 Å². The van der Waals surface area contributed by atoms with Gasteiger partial charge in [-0.3, -0.25) is 9.78 Å². The fraction of sp³-hybridized carbons (Fsp3) is 0.261. The molecule has 1 aliphatic rings. The number of nitrogens with zero attached hydrogens (tertiary/aromatic N) is 2. The van der Waals surface area contributed by atoms with Crippen LogP contribution in [-0.4, -0.2) is 33.1 Å². The van der Waals surface area contributed by atoms with E-state index in [0.29, 0.717) is 27.9 Å². The summed E-state index contributed by atoms with van der Waals surface area (Å²) in [6, 6.07) is 14.3. The lowest BCUT2D eigenvalue weighted by molar-refractivity contribution is 0.0713. The molecule has 0 saturated heterocycles. The Morgan fingerprint density at radius 2 is 1.47 bits per heavy atom. The smallest absolute Gasteiger partial charge is 0.271 e. The minimum Gasteiger partial charge on any atom is -0.391 e. The van der Waals surface area contributed by atoms with E-state index in [-0.39, 0.29) is 17.6 Å². The summed E-state index contributed by atoms with van der Waals surface area (Å²) < 4.78 is 0. The number of nitrogens with one attached hydrogen (secondary N) is 1. The highest BCUT2D eigenvalue weighted by atomic mass is 35.5. The number of carbonyl (C=O) groups excluding carboxylic acids is 1. The third kappa shape index (κ3) is 4.64. The van der Waals surface area contributed by atoms with Crippen molar-refractivity contribution in [2.24, 2.45) is 0 Å². The van der Waals surface area contributed by atoms with Crippen LogP contribution in [0.4, 0.5) is 0 Å². The van der Waals surface area contributed by atoms with E-state index in [1.54, 1.807) is 24.3 Å². The van der Waals surface area contributed by atoms with Crippen LogP contribution in [0, 0.1) is 0 Å². The van der Waals surface area contributed by atoms with Gasteiger partial charge in [0.1, 0.15) is 5.69 Å². The zero-order valence-corrected chi connectivity index (χ0v) is 17.7. The second kappa shape index (κ2) is 9.13. The predicted molar refractivity (Wildman–Crippen MR) is 119 cm³/mol. The number of amides is 1. The molecule has 154 valence electrons. The van der Waals surface area contributed by atoms with Crippen molar-refractivity contribution >= 4 is 29.1 Å². The average molecular weight is 442 g/mol. The molecule has 0 bridgehead atoms. The van der Waals surface area contributed by atoms with Gasteiger partial charge >= 0.3 is 0 Å². The Hall–Kier alpha value is -2.47. The van der Waals surface area contributed by atoms with Gasteiger partial charge in [-0.1, -0.05) is 60.3 Å². The van der Waals surface area contributed by atoms with Crippen molar-refractivity contribution in [1.29, 1.82) is 0 Å². The molecule has 1 fully saturated rings. The predicted octanol–water partition coefficient (Wildman–Crippen LogP) is 5.15. The maximum Gasteiger partial charge on any atom is 0.271 e. The first-order valence-corrected chi connectivity index (χ1v) is 10.6. The normalized spacial score (nSPS) is 18.8. The molecule has 2 N–H and O–H groups in total. The molecule has 1 amide bonds. The molecule has 2 atom stereocenters. The summed E-state index contributed by atoms with van der Waals surface area (Å²) >= 11 is 12.1. The lowest BCUT2D eigenvalue weighted by Gasteiger charge is -2.28. The minimum absolute atomic E-state index is 0.204. The van der Waals surface area contributed by atoms with Crippen molar-refractivity contribution < 1.29 is 9.90 Å². The van der Waals surface area contributed by atoms with Crippen molar-refractivity contribution in [3.8, 4) is 22.5 Å². The van der Waals surface area contributed by atoms with E-state index in [4.69, 9.17) is 23.2 Å². The molecule has 30 heavy (non-hydrogen) atoms. The number of carbonyl (C=O) groups is 1. The maximum absolute atomic E-state index is 12.8. The van der Waals surface area contributed by atoms with E-state index in [2.05, 4.69) is 15.3 Å². The Morgan fingerprint density at radius 3 is 2.07 bits per heavy atom. The minimum atomic E-state index is -0.528. The van der Waals surface area contributed by atoms with Crippen LogP contribution in [0.25, 0.3) is 22.5 Å². The van der Waals surface area contributed by atoms with Crippen molar-refractivity contribution in [3.05, 3.63) is 70.5 Å². The highest BCUT2D eigenvalue weighted by Gasteiger charge is 2.26. The third-order valence-electron chi connectivity index (χ3n) is 5.29. The zero-order chi connectivity index (χ0) is 21.1. The molecule has 1 aromatic heterocycles. The fourth-order valence-electron chi connectivity index (χ4n) is 3.65. The molecule has 2 aromatic carbocycles. The van der Waals surface area contributed by atoms with E-state index in [1.165, 1.54) is 6.20 Å². The summed E-state index contributed by atoms with van der Waals surface area (Å²) in [5.74, 6) is -0.341. The van der Waals surface area contributed by atoms with Crippen LogP contribution in [0.5, 0.6) is 0 Å². The van der Waals surface area contributed by atoms with Crippen LogP contribution in [-0.2, 0) is 0 Å². The number of aliphatic hydroxyl groups excluding tert-OH is 1. The van der Waals surface area contributed by atoms with Crippen LogP contribution in [0.15, 0.2) is 54.7 Å². The van der Waals surface area contributed by atoms with Crippen molar-refractivity contribution in [2.75, 3.05) is 0 Å². The molecule has 7 heteroatoms. The molecule has 3 aromatic rings. The van der Waals surface area contributed by atoms with E-state index in [0.717, 1.165) is 30.4 Å². The second-order valence-electron chi connectivity index (χ2n) is 7.40. The number of rotatable bonds is 4. The van der Waals surface area contributed by atoms with Crippen molar-refractivity contribution in [1.82, 2.24) is 15.3 Å². The fourth-order valence-corrected chi connectivity index (χ4v) is 3.90. The largest absolute Gasteiger partial charge is 0.391 e. The van der Waals surface area contributed by atoms with E-state index in [1.807, 2.05) is 24.3 Å².